The van der Waals surface area contributed by atoms with E-state index in [1.165, 1.54) is 0 Å². The van der Waals surface area contributed by atoms with Crippen molar-refractivity contribution < 1.29 is 28.6 Å². The summed E-state index contributed by atoms with van der Waals surface area (Å²) in [6.45, 7) is 1.89. The molecule has 2 spiro atoms. The van der Waals surface area contributed by atoms with E-state index >= 15 is 0 Å². The average molecular weight is 497 g/mol. The van der Waals surface area contributed by atoms with Crippen LogP contribution in [0, 0.1) is 11.8 Å². The average Bonchev–Trinajstić information content (AvgIpc) is 3.34. The molecule has 4 bridgehead atoms. The largest absolute Gasteiger partial charge is 0.456 e. The monoisotopic (exact) mass is 496 g/mol. The number of carbonyl (C=O) groups excluding carboxylic acids is 3. The van der Waals surface area contributed by atoms with Crippen LogP contribution in [0.15, 0.2) is 60.2 Å². The van der Waals surface area contributed by atoms with Crippen molar-refractivity contribution >= 4 is 23.5 Å². The molecular weight excluding hydrogens is 472 g/mol. The smallest absolute Gasteiger partial charge is 0.341 e. The van der Waals surface area contributed by atoms with Crippen molar-refractivity contribution in [2.75, 3.05) is 24.6 Å². The predicted octanol–water partition coefficient (Wildman–Crippen LogP) is 2.43. The zero-order valence-corrected chi connectivity index (χ0v) is 20.0. The van der Waals surface area contributed by atoms with Crippen LogP contribution in [0.5, 0.6) is 0 Å². The Morgan fingerprint density at radius 1 is 0.946 bits per heavy atom. The molecule has 8 heteroatoms. The van der Waals surface area contributed by atoms with Crippen LogP contribution in [0.2, 0.25) is 0 Å². The lowest BCUT2D eigenvalue weighted by molar-refractivity contribution is -0.223. The first-order valence-corrected chi connectivity index (χ1v) is 13.1. The zero-order chi connectivity index (χ0) is 24.7. The van der Waals surface area contributed by atoms with Crippen LogP contribution in [0.1, 0.15) is 39.1 Å². The van der Waals surface area contributed by atoms with E-state index in [2.05, 4.69) is 17.0 Å². The number of benzene rings is 2. The molecule has 7 aliphatic heterocycles. The molecule has 7 heterocycles. The third kappa shape index (κ3) is 2.08. The number of piperidine rings is 2. The summed E-state index contributed by atoms with van der Waals surface area (Å²) in [5.74, 6) is -1.79. The lowest BCUT2D eigenvalue weighted by Crippen LogP contribution is -2.82. The number of para-hydroxylation sites is 1. The fourth-order valence-electron chi connectivity index (χ4n) is 9.16. The first kappa shape index (κ1) is 20.6. The van der Waals surface area contributed by atoms with Gasteiger partial charge in [-0.15, -0.1) is 0 Å². The predicted molar refractivity (Wildman–Crippen MR) is 129 cm³/mol. The van der Waals surface area contributed by atoms with Gasteiger partial charge in [-0.25, -0.2) is 9.59 Å². The molecule has 186 valence electrons. The Bertz CT molecular complexity index is 1480. The summed E-state index contributed by atoms with van der Waals surface area (Å²) >= 11 is 0. The maximum atomic E-state index is 14.1. The fourth-order valence-corrected chi connectivity index (χ4v) is 9.16. The highest BCUT2D eigenvalue weighted by molar-refractivity contribution is 6.05. The number of carbonyl (C=O) groups is 3. The summed E-state index contributed by atoms with van der Waals surface area (Å²) < 4.78 is 19.7. The molecule has 7 atom stereocenters. The highest BCUT2D eigenvalue weighted by Gasteiger charge is 2.84. The van der Waals surface area contributed by atoms with E-state index in [-0.39, 0.29) is 41.3 Å². The molecule has 2 aromatic rings. The van der Waals surface area contributed by atoms with Crippen molar-refractivity contribution in [3.05, 3.63) is 76.9 Å². The molecule has 3 saturated heterocycles. The van der Waals surface area contributed by atoms with Crippen LogP contribution in [0.3, 0.4) is 0 Å². The lowest BCUT2D eigenvalue weighted by Gasteiger charge is -2.65. The number of nitrogens with zero attached hydrogens (tertiary/aromatic N) is 2. The van der Waals surface area contributed by atoms with Gasteiger partial charge in [0, 0.05) is 19.0 Å². The third-order valence-electron chi connectivity index (χ3n) is 10.1. The first-order valence-electron chi connectivity index (χ1n) is 13.1. The molecule has 0 radical (unpaired) electrons. The Balaban J connectivity index is 1.43. The Morgan fingerprint density at radius 2 is 1.73 bits per heavy atom. The molecule has 4 fully saturated rings. The molecule has 37 heavy (non-hydrogen) atoms. The number of ether oxygens (including phenoxy) is 3. The number of rotatable bonds is 0. The minimum atomic E-state index is -1.28. The molecular formula is C29H24N2O6. The van der Waals surface area contributed by atoms with Gasteiger partial charge < -0.3 is 14.2 Å². The summed E-state index contributed by atoms with van der Waals surface area (Å²) in [4.78, 5) is 46.0. The van der Waals surface area contributed by atoms with Crippen molar-refractivity contribution in [2.45, 2.75) is 42.2 Å². The van der Waals surface area contributed by atoms with Crippen LogP contribution < -0.4 is 4.90 Å². The Morgan fingerprint density at radius 3 is 2.59 bits per heavy atom. The second kappa shape index (κ2) is 6.49. The second-order valence-electron chi connectivity index (χ2n) is 11.3. The summed E-state index contributed by atoms with van der Waals surface area (Å²) in [5, 5.41) is 0. The first-order chi connectivity index (χ1) is 18.1. The van der Waals surface area contributed by atoms with Gasteiger partial charge in [-0.3, -0.25) is 14.6 Å². The van der Waals surface area contributed by atoms with Crippen LogP contribution in [0.4, 0.5) is 5.69 Å². The van der Waals surface area contributed by atoms with E-state index in [0.29, 0.717) is 13.0 Å². The van der Waals surface area contributed by atoms with Gasteiger partial charge in [0.25, 0.3) is 0 Å². The van der Waals surface area contributed by atoms with Crippen molar-refractivity contribution in [1.82, 2.24) is 4.90 Å². The number of anilines is 1. The number of esters is 2. The van der Waals surface area contributed by atoms with Gasteiger partial charge in [0.1, 0.15) is 6.10 Å². The Hall–Kier alpha value is -3.49. The molecule has 0 aromatic heterocycles. The maximum absolute atomic E-state index is 14.1. The van der Waals surface area contributed by atoms with E-state index in [9.17, 15) is 14.4 Å². The minimum Gasteiger partial charge on any atom is -0.456 e. The summed E-state index contributed by atoms with van der Waals surface area (Å²) in [5.41, 5.74) is 1.26. The minimum absolute atomic E-state index is 0.0980. The van der Waals surface area contributed by atoms with Gasteiger partial charge in [-0.1, -0.05) is 42.0 Å². The van der Waals surface area contributed by atoms with E-state index in [0.717, 1.165) is 29.9 Å². The van der Waals surface area contributed by atoms with Crippen LogP contribution in [0.25, 0.3) is 0 Å². The van der Waals surface area contributed by atoms with Gasteiger partial charge in [0.15, 0.2) is 0 Å². The second-order valence-corrected chi connectivity index (χ2v) is 11.3. The third-order valence-corrected chi connectivity index (χ3v) is 10.1. The molecule has 1 saturated carbocycles. The van der Waals surface area contributed by atoms with E-state index in [1.807, 2.05) is 18.2 Å². The number of hydrogen-bond donors (Lipinski definition) is 0. The van der Waals surface area contributed by atoms with Gasteiger partial charge >= 0.3 is 11.9 Å². The molecule has 8 nitrogen and oxygen atoms in total. The van der Waals surface area contributed by atoms with Gasteiger partial charge in [0.2, 0.25) is 11.6 Å². The molecule has 1 amide bonds. The Kier molecular flexibility index (Phi) is 3.61. The van der Waals surface area contributed by atoms with Crippen LogP contribution in [-0.2, 0) is 24.4 Å². The molecule has 0 N–H and O–H groups in total. The van der Waals surface area contributed by atoms with E-state index < -0.39 is 35.3 Å². The van der Waals surface area contributed by atoms with Crippen molar-refractivity contribution in [3.63, 3.8) is 0 Å². The van der Waals surface area contributed by atoms with E-state index in [4.69, 9.17) is 14.2 Å². The maximum Gasteiger partial charge on any atom is 0.341 e. The van der Waals surface area contributed by atoms with Crippen LogP contribution >= 0.6 is 0 Å². The normalized spacial score (nSPS) is 40.3. The standard InChI is InChI=1S/C29H24N2O6/c32-21-13-20-23-22-15(9-12-35-20)14-30-11-10-28-18-7-3-4-8-19(18)31(21)29(23,28)37-27(34)17-6-2-1-5-16(17)26(33)36-24(22)25(28)30/h1-9,20,22-25H,10-14H2/t20?,22-,23-,24?,25+,28+,29?/m0/s1. The Labute approximate surface area is 212 Å². The molecule has 8 aliphatic rings. The quantitative estimate of drug-likeness (QED) is 0.409. The zero-order valence-electron chi connectivity index (χ0n) is 20.0. The topological polar surface area (TPSA) is 85.4 Å². The molecule has 3 unspecified atom stereocenters. The van der Waals surface area contributed by atoms with E-state index in [1.54, 1.807) is 29.2 Å². The number of amides is 1. The van der Waals surface area contributed by atoms with Crippen molar-refractivity contribution in [2.24, 2.45) is 11.8 Å². The SMILES string of the molecule is O=C1OC2[C@H]3C4=CCOC5CC(=O)N6c7ccccc7[C@@]7(CCN(C4)[C@H]27)C6(OC(=O)c2ccccc21)[C@@H]53. The summed E-state index contributed by atoms with van der Waals surface area (Å²) in [6.07, 6.45) is 2.06. The van der Waals surface area contributed by atoms with Gasteiger partial charge in [-0.2, -0.15) is 0 Å². The van der Waals surface area contributed by atoms with Gasteiger partial charge in [0.05, 0.1) is 53.3 Å². The van der Waals surface area contributed by atoms with Crippen molar-refractivity contribution in [1.29, 1.82) is 0 Å². The molecule has 2 aromatic carbocycles. The van der Waals surface area contributed by atoms with Gasteiger partial charge in [-0.05, 0) is 30.2 Å². The molecule has 10 rings (SSSR count). The highest BCUT2D eigenvalue weighted by Crippen LogP contribution is 2.71. The lowest BCUT2D eigenvalue weighted by atomic mass is 9.50. The number of fused-ring (bicyclic) bond motifs is 4. The van der Waals surface area contributed by atoms with Crippen LogP contribution in [-0.4, -0.2) is 66.4 Å². The highest BCUT2D eigenvalue weighted by atomic mass is 16.6. The summed E-state index contributed by atoms with van der Waals surface area (Å²) in [7, 11) is 0. The number of hydrogen-bond acceptors (Lipinski definition) is 7. The summed E-state index contributed by atoms with van der Waals surface area (Å²) in [6, 6.07) is 14.4. The molecule has 1 aliphatic carbocycles. The fraction of sp³-hybridized carbons (Fsp3) is 0.414. The van der Waals surface area contributed by atoms with Crippen molar-refractivity contribution in [3.8, 4) is 0 Å².